The van der Waals surface area contributed by atoms with E-state index < -0.39 is 0 Å². The lowest BCUT2D eigenvalue weighted by Crippen LogP contribution is -2.16. The van der Waals surface area contributed by atoms with Crippen LogP contribution in [0.2, 0.25) is 0 Å². The van der Waals surface area contributed by atoms with Gasteiger partial charge < -0.3 is 0 Å². The Hall–Kier alpha value is -14.8. The Bertz CT molecular complexity index is 8570. The van der Waals surface area contributed by atoms with Crippen molar-refractivity contribution in [1.29, 1.82) is 0 Å². The van der Waals surface area contributed by atoms with Gasteiger partial charge in [-0.05, 0) is 286 Å². The summed E-state index contributed by atoms with van der Waals surface area (Å²) in [5.74, 6) is 0. The number of benzene rings is 22. The molecular weight excluding hydrogens is 1550 g/mol. The lowest BCUT2D eigenvalue weighted by atomic mass is 9.76. The summed E-state index contributed by atoms with van der Waals surface area (Å²) in [7, 11) is 0. The standard InChI is InChI=1S/C45H36.C44H32.C40H30/c1-27-21-23-34-37(25-27)42(36-18-12-17-35-30-14-9-11-20-39(30)45(4,5)43(35)36)33-16-7-6-15-32(33)41(34)28-22-24-31-29-13-8-10-19-38(29)44(2,3)40(31)26-28;1-27-23-24-35-38(25-27)42(37-21-12-20-36-32-17-10-11-22-40(32)44(2,3)43(36)37)34-19-9-8-18-33(34)41(35)39-26-28-13-4-5-14-29(28)30-15-6-7-16-31(30)39;1-25-22-23-32-35(24-25)38(34-20-11-19-33-28-15-8-9-21-36(28)40(2,3)39(33)34)31-17-7-6-16-30(31)37(32)29-18-10-13-26-12-4-5-14-27(26)29/h6-26H,1-5H3;4-26H,1-3H3;4-24H,1-3H3. The molecule has 0 amide bonds. The third kappa shape index (κ3) is 11.6. The van der Waals surface area contributed by atoms with E-state index in [1.54, 1.807) is 0 Å². The van der Waals surface area contributed by atoms with Crippen molar-refractivity contribution >= 4 is 97.0 Å². The SMILES string of the molecule is Cc1ccc2c(-c3cc4ccccc4c4ccccc34)c3ccccc3c(-c3cccc4c3C(C)(C)c3ccccc3-4)c2c1.Cc1ccc2c(-c3ccc4c(c3)C(C)(C)c3ccccc3-4)c3ccccc3c(-c3cccc4c3C(C)(C)c3ccccc3-4)c2c1.Cc1ccc2c(-c3cccc4ccccc34)c3ccccc3c(-c3cccc4c3C(C)(C)c3ccccc3-4)c2c1. The lowest BCUT2D eigenvalue weighted by molar-refractivity contribution is 0.660. The van der Waals surface area contributed by atoms with Gasteiger partial charge in [0, 0.05) is 21.7 Å². The van der Waals surface area contributed by atoms with Gasteiger partial charge in [-0.3, -0.25) is 0 Å². The first-order valence-electron chi connectivity index (χ1n) is 46.0. The molecule has 0 nitrogen and oxygen atoms in total. The van der Waals surface area contributed by atoms with Gasteiger partial charge in [-0.2, -0.15) is 0 Å². The summed E-state index contributed by atoms with van der Waals surface area (Å²) < 4.78 is 0. The van der Waals surface area contributed by atoms with Crippen molar-refractivity contribution in [3.05, 3.63) is 456 Å². The van der Waals surface area contributed by atoms with E-state index in [1.807, 2.05) is 0 Å². The molecule has 26 rings (SSSR count). The predicted octanol–water partition coefficient (Wildman–Crippen LogP) is 35.6. The summed E-state index contributed by atoms with van der Waals surface area (Å²) in [5, 5.41) is 23.5. The molecule has 0 unspecified atom stereocenters. The van der Waals surface area contributed by atoms with Crippen molar-refractivity contribution < 1.29 is 0 Å². The third-order valence-electron chi connectivity index (χ3n) is 30.1. The van der Waals surface area contributed by atoms with Gasteiger partial charge in [0.15, 0.2) is 0 Å². The van der Waals surface area contributed by atoms with E-state index in [2.05, 4.69) is 470 Å². The molecular formula is C129H98. The Kier molecular flexibility index (Phi) is 17.5. The molecule has 22 aromatic carbocycles. The van der Waals surface area contributed by atoms with E-state index in [0.29, 0.717) is 0 Å². The molecule has 0 saturated heterocycles. The van der Waals surface area contributed by atoms with Crippen LogP contribution >= 0.6 is 0 Å². The molecule has 0 saturated carbocycles. The molecule has 0 aromatic heterocycles. The molecule has 0 heteroatoms. The summed E-state index contributed by atoms with van der Waals surface area (Å²) in [4.78, 5) is 0. The molecule has 22 aromatic rings. The van der Waals surface area contributed by atoms with E-state index in [1.165, 1.54) is 269 Å². The number of fused-ring (bicyclic) bond motifs is 22. The van der Waals surface area contributed by atoms with Gasteiger partial charge in [0.25, 0.3) is 0 Å². The fraction of sp³-hybridized carbons (Fsp3) is 0.116. The summed E-state index contributed by atoms with van der Waals surface area (Å²) in [6, 6.07) is 148. The van der Waals surface area contributed by atoms with Crippen LogP contribution in [0, 0.1) is 20.8 Å². The zero-order valence-electron chi connectivity index (χ0n) is 75.0. The number of rotatable bonds is 6. The van der Waals surface area contributed by atoms with Crippen molar-refractivity contribution in [2.24, 2.45) is 0 Å². The highest BCUT2D eigenvalue weighted by atomic mass is 14.5. The number of hydrogen-bond acceptors (Lipinski definition) is 0. The summed E-state index contributed by atoms with van der Waals surface area (Å²) in [6.07, 6.45) is 0. The second-order valence-corrected chi connectivity index (χ2v) is 38.9. The van der Waals surface area contributed by atoms with Gasteiger partial charge in [-0.1, -0.05) is 454 Å². The van der Waals surface area contributed by atoms with Gasteiger partial charge in [0.05, 0.1) is 0 Å². The van der Waals surface area contributed by atoms with E-state index in [9.17, 15) is 0 Å². The van der Waals surface area contributed by atoms with Crippen LogP contribution in [0.25, 0.3) is 208 Å². The van der Waals surface area contributed by atoms with Crippen molar-refractivity contribution in [3.8, 4) is 111 Å². The average Bonchev–Trinajstić information content (AvgIpc) is 1.67. The van der Waals surface area contributed by atoms with Gasteiger partial charge in [0.2, 0.25) is 0 Å². The maximum atomic E-state index is 2.48. The molecule has 0 heterocycles. The Morgan fingerprint density at radius 2 is 0.411 bits per heavy atom. The zero-order valence-corrected chi connectivity index (χ0v) is 75.0. The van der Waals surface area contributed by atoms with E-state index in [0.717, 1.165) is 0 Å². The topological polar surface area (TPSA) is 0 Å². The second-order valence-electron chi connectivity index (χ2n) is 38.9. The maximum absolute atomic E-state index is 2.48. The summed E-state index contributed by atoms with van der Waals surface area (Å²) >= 11 is 0. The molecule has 0 radical (unpaired) electrons. The largest absolute Gasteiger partial charge is 0.0619 e. The highest BCUT2D eigenvalue weighted by molar-refractivity contribution is 6.28. The minimum absolute atomic E-state index is 0.0464. The smallest absolute Gasteiger partial charge is 0.0165 e. The van der Waals surface area contributed by atoms with Gasteiger partial charge in [-0.15, -0.1) is 0 Å². The minimum atomic E-state index is -0.104. The van der Waals surface area contributed by atoms with Gasteiger partial charge in [-0.25, -0.2) is 0 Å². The summed E-state index contributed by atoms with van der Waals surface area (Å²) in [6.45, 7) is 25.8. The summed E-state index contributed by atoms with van der Waals surface area (Å²) in [5.41, 5.74) is 41.7. The molecule has 0 N–H and O–H groups in total. The first-order valence-corrected chi connectivity index (χ1v) is 46.0. The molecule has 0 aliphatic heterocycles. The highest BCUT2D eigenvalue weighted by Crippen LogP contribution is 2.61. The van der Waals surface area contributed by atoms with Crippen LogP contribution in [0.15, 0.2) is 394 Å². The molecule has 4 aliphatic carbocycles. The molecule has 0 atom stereocenters. The molecule has 0 bridgehead atoms. The molecule has 4 aliphatic rings. The average molecular weight is 1650 g/mol. The van der Waals surface area contributed by atoms with Crippen LogP contribution in [0.3, 0.4) is 0 Å². The zero-order chi connectivity index (χ0) is 87.3. The number of hydrogen-bond donors (Lipinski definition) is 0. The minimum Gasteiger partial charge on any atom is -0.0619 e. The monoisotopic (exact) mass is 1650 g/mol. The first kappa shape index (κ1) is 77.7. The Labute approximate surface area is 756 Å². The van der Waals surface area contributed by atoms with Crippen LogP contribution in [-0.4, -0.2) is 0 Å². The van der Waals surface area contributed by atoms with E-state index in [4.69, 9.17) is 0 Å². The molecule has 614 valence electrons. The van der Waals surface area contributed by atoms with Crippen LogP contribution < -0.4 is 0 Å². The van der Waals surface area contributed by atoms with Gasteiger partial charge >= 0.3 is 0 Å². The molecule has 129 heavy (non-hydrogen) atoms. The fourth-order valence-corrected chi connectivity index (χ4v) is 24.4. The van der Waals surface area contributed by atoms with Crippen molar-refractivity contribution in [1.82, 2.24) is 0 Å². The van der Waals surface area contributed by atoms with Crippen molar-refractivity contribution in [2.45, 2.75) is 97.8 Å². The molecule has 0 fully saturated rings. The van der Waals surface area contributed by atoms with E-state index >= 15 is 0 Å². The lowest BCUT2D eigenvalue weighted by Gasteiger charge is -2.27. The fourth-order valence-electron chi connectivity index (χ4n) is 24.4. The second kappa shape index (κ2) is 29.1. The van der Waals surface area contributed by atoms with E-state index in [-0.39, 0.29) is 21.7 Å². The predicted molar refractivity (Wildman–Crippen MR) is 554 cm³/mol. The Morgan fingerprint density at radius 1 is 0.140 bits per heavy atom. The van der Waals surface area contributed by atoms with Crippen LogP contribution in [0.1, 0.15) is 117 Å². The Morgan fingerprint density at radius 3 is 0.845 bits per heavy atom. The quantitative estimate of drug-likeness (QED) is 0.115. The van der Waals surface area contributed by atoms with Crippen LogP contribution in [-0.2, 0) is 21.7 Å². The third-order valence-corrected chi connectivity index (χ3v) is 30.1. The van der Waals surface area contributed by atoms with Crippen LogP contribution in [0.5, 0.6) is 0 Å². The first-order chi connectivity index (χ1) is 62.8. The Balaban J connectivity index is 0.000000108. The normalized spacial score (nSPS) is 14.1. The maximum Gasteiger partial charge on any atom is 0.0165 e. The number of aryl methyl sites for hydroxylation is 3. The van der Waals surface area contributed by atoms with Crippen molar-refractivity contribution in [2.75, 3.05) is 0 Å². The highest BCUT2D eigenvalue weighted by Gasteiger charge is 2.43. The van der Waals surface area contributed by atoms with Crippen LogP contribution in [0.4, 0.5) is 0 Å². The molecule has 0 spiro atoms. The van der Waals surface area contributed by atoms with Gasteiger partial charge in [0.1, 0.15) is 0 Å². The van der Waals surface area contributed by atoms with Crippen molar-refractivity contribution in [3.63, 3.8) is 0 Å².